The van der Waals surface area contributed by atoms with Crippen LogP contribution in [0.3, 0.4) is 0 Å². The molecule has 0 aliphatic carbocycles. The highest BCUT2D eigenvalue weighted by molar-refractivity contribution is 5.72. The number of hydrogen-bond donors (Lipinski definition) is 0. The van der Waals surface area contributed by atoms with Gasteiger partial charge in [0.05, 0.1) is 6.61 Å². The van der Waals surface area contributed by atoms with Crippen LogP contribution < -0.4 is 14.2 Å². The van der Waals surface area contributed by atoms with Gasteiger partial charge in [0.1, 0.15) is 40.3 Å². The average Bonchev–Trinajstić information content (AvgIpc) is 3.01. The fraction of sp³-hybridized carbons (Fsp3) is 0.167. The molecule has 49 heavy (non-hydrogen) atoms. The predicted octanol–water partition coefficient (Wildman–Crippen LogP) is 11.6. The lowest BCUT2D eigenvalue weighted by Crippen LogP contribution is -2.25. The second-order valence-corrected chi connectivity index (χ2v) is 10.7. The van der Waals surface area contributed by atoms with Gasteiger partial charge in [-0.1, -0.05) is 43.7 Å². The molecule has 0 fully saturated rings. The van der Waals surface area contributed by atoms with E-state index < -0.39 is 58.6 Å². The van der Waals surface area contributed by atoms with E-state index in [1.165, 1.54) is 18.2 Å². The van der Waals surface area contributed by atoms with Crippen LogP contribution in [0.5, 0.6) is 17.2 Å². The lowest BCUT2D eigenvalue weighted by atomic mass is 9.99. The molecule has 0 aliphatic heterocycles. The van der Waals surface area contributed by atoms with Crippen LogP contribution in [0, 0.1) is 29.1 Å². The van der Waals surface area contributed by atoms with Gasteiger partial charge in [0.2, 0.25) is 0 Å². The van der Waals surface area contributed by atoms with E-state index in [2.05, 4.69) is 9.47 Å². The van der Waals surface area contributed by atoms with Crippen LogP contribution in [0.2, 0.25) is 0 Å². The molecule has 0 amide bonds. The maximum absolute atomic E-state index is 15.1. The molecule has 13 heteroatoms. The number of halogens is 10. The van der Waals surface area contributed by atoms with Crippen LogP contribution in [0.15, 0.2) is 91.0 Å². The van der Waals surface area contributed by atoms with Gasteiger partial charge < -0.3 is 14.2 Å². The molecule has 5 rings (SSSR count). The Labute approximate surface area is 273 Å². The monoisotopic (exact) mass is 694 g/mol. The number of unbranched alkanes of at least 4 members (excludes halogenated alkanes) is 1. The first kappa shape index (κ1) is 35.1. The summed E-state index contributed by atoms with van der Waals surface area (Å²) in [6, 6.07) is 15.4. The summed E-state index contributed by atoms with van der Waals surface area (Å²) in [6.45, 7) is 2.48. The molecule has 5 aromatic rings. The van der Waals surface area contributed by atoms with Gasteiger partial charge in [0.15, 0.2) is 11.6 Å². The molecular weight excluding hydrogens is 670 g/mol. The molecule has 3 nitrogen and oxygen atoms in total. The van der Waals surface area contributed by atoms with Crippen molar-refractivity contribution in [2.75, 3.05) is 6.61 Å². The summed E-state index contributed by atoms with van der Waals surface area (Å²) in [5, 5.41) is 0. The molecule has 0 unspecified atom stereocenters. The van der Waals surface area contributed by atoms with Crippen molar-refractivity contribution in [3.05, 3.63) is 126 Å². The Morgan fingerprint density at radius 3 is 1.57 bits per heavy atom. The number of ether oxygens (including phenoxy) is 3. The van der Waals surface area contributed by atoms with Crippen LogP contribution >= 0.6 is 0 Å². The Morgan fingerprint density at radius 2 is 1.02 bits per heavy atom. The fourth-order valence-corrected chi connectivity index (χ4v) is 4.88. The number of rotatable bonds is 11. The summed E-state index contributed by atoms with van der Waals surface area (Å²) in [4.78, 5) is 0. The molecule has 0 radical (unpaired) electrons. The first-order valence-electron chi connectivity index (χ1n) is 14.6. The van der Waals surface area contributed by atoms with E-state index in [4.69, 9.17) is 4.74 Å². The van der Waals surface area contributed by atoms with Crippen molar-refractivity contribution < 1.29 is 58.1 Å². The zero-order chi connectivity index (χ0) is 35.5. The molecule has 0 saturated carbocycles. The minimum absolute atomic E-state index is 0.0269. The molecule has 0 heterocycles. The first-order valence-corrected chi connectivity index (χ1v) is 14.6. The third-order valence-electron chi connectivity index (χ3n) is 7.22. The molecule has 0 aliphatic rings. The highest BCUT2D eigenvalue weighted by Gasteiger charge is 2.41. The Bertz CT molecular complexity index is 1930. The lowest BCUT2D eigenvalue weighted by Gasteiger charge is -2.20. The maximum Gasteiger partial charge on any atom is 0.573 e. The molecule has 0 saturated heterocycles. The number of hydrogen-bond acceptors (Lipinski definition) is 3. The van der Waals surface area contributed by atoms with E-state index in [0.717, 1.165) is 43.2 Å². The fourth-order valence-electron chi connectivity index (χ4n) is 4.88. The van der Waals surface area contributed by atoms with Crippen LogP contribution in [-0.2, 0) is 6.11 Å². The summed E-state index contributed by atoms with van der Waals surface area (Å²) in [5.41, 5.74) is -2.18. The molecule has 0 atom stereocenters. The van der Waals surface area contributed by atoms with E-state index in [9.17, 15) is 30.7 Å². The normalized spacial score (nSPS) is 11.8. The molecule has 0 aromatic heterocycles. The Morgan fingerprint density at radius 1 is 0.510 bits per heavy atom. The van der Waals surface area contributed by atoms with Crippen LogP contribution in [0.1, 0.15) is 25.3 Å². The Kier molecular flexibility index (Phi) is 10.1. The van der Waals surface area contributed by atoms with Crippen LogP contribution in [0.4, 0.5) is 43.9 Å². The van der Waals surface area contributed by atoms with Crippen LogP contribution in [0.25, 0.3) is 33.4 Å². The molecule has 0 bridgehead atoms. The van der Waals surface area contributed by atoms with Gasteiger partial charge in [-0.25, -0.2) is 22.0 Å². The van der Waals surface area contributed by atoms with Gasteiger partial charge in [-0.3, -0.25) is 0 Å². The third-order valence-corrected chi connectivity index (χ3v) is 7.22. The van der Waals surface area contributed by atoms with E-state index >= 15 is 13.2 Å². The van der Waals surface area contributed by atoms with Crippen molar-refractivity contribution in [3.8, 4) is 50.6 Å². The van der Waals surface area contributed by atoms with Crippen molar-refractivity contribution in [2.45, 2.75) is 32.2 Å². The van der Waals surface area contributed by atoms with E-state index in [1.807, 2.05) is 6.92 Å². The Balaban J connectivity index is 1.32. The van der Waals surface area contributed by atoms with E-state index in [-0.39, 0.29) is 27.8 Å². The third kappa shape index (κ3) is 8.27. The summed E-state index contributed by atoms with van der Waals surface area (Å²) in [6.07, 6.45) is -7.97. The summed E-state index contributed by atoms with van der Waals surface area (Å²) in [7, 11) is 0. The zero-order valence-corrected chi connectivity index (χ0v) is 25.3. The maximum atomic E-state index is 15.1. The smallest absolute Gasteiger partial charge is 0.494 e. The predicted molar refractivity (Wildman–Crippen MR) is 161 cm³/mol. The van der Waals surface area contributed by atoms with Gasteiger partial charge >= 0.3 is 12.5 Å². The zero-order valence-electron chi connectivity index (χ0n) is 25.3. The quantitative estimate of drug-likeness (QED) is 0.102. The summed E-state index contributed by atoms with van der Waals surface area (Å²) >= 11 is 0. The second-order valence-electron chi connectivity index (χ2n) is 10.7. The molecule has 5 aromatic carbocycles. The summed E-state index contributed by atoms with van der Waals surface area (Å²) < 4.78 is 155. The largest absolute Gasteiger partial charge is 0.573 e. The molecule has 0 N–H and O–H groups in total. The highest BCUT2D eigenvalue weighted by atomic mass is 19.4. The van der Waals surface area contributed by atoms with Gasteiger partial charge in [-0.05, 0) is 83.3 Å². The van der Waals surface area contributed by atoms with Crippen molar-refractivity contribution in [1.29, 1.82) is 0 Å². The molecule has 256 valence electrons. The van der Waals surface area contributed by atoms with Gasteiger partial charge in [0, 0.05) is 17.2 Å². The molecular formula is C36H24F10O3. The van der Waals surface area contributed by atoms with Crippen molar-refractivity contribution in [2.24, 2.45) is 0 Å². The standard InChI is InChI=1S/C36H24F10O3/c1-2-3-14-47-24-8-4-20(5-9-24)23-17-31(40)34(32(41)18-23)35(42,43)48-25-10-12-27(29(38)19-25)21-6-11-26(28(37)15-21)22-7-13-33(30(39)16-22)49-36(44,45)46/h4-13,15-19H,2-3,14H2,1H3. The molecule has 0 spiro atoms. The van der Waals surface area contributed by atoms with Crippen molar-refractivity contribution in [3.63, 3.8) is 0 Å². The van der Waals surface area contributed by atoms with E-state index in [0.29, 0.717) is 48.3 Å². The number of alkyl halides is 5. The summed E-state index contributed by atoms with van der Waals surface area (Å²) in [5.74, 6) is -8.22. The van der Waals surface area contributed by atoms with Crippen LogP contribution in [-0.4, -0.2) is 13.0 Å². The lowest BCUT2D eigenvalue weighted by molar-refractivity contribution is -0.275. The first-order chi connectivity index (χ1) is 23.1. The Hall–Kier alpha value is -5.20. The van der Waals surface area contributed by atoms with E-state index in [1.54, 1.807) is 12.1 Å². The SMILES string of the molecule is CCCCOc1ccc(-c2cc(F)c(C(F)(F)Oc3ccc(-c4ccc(-c5ccc(OC(F)(F)F)c(F)c5)c(F)c4)c(F)c3)c(F)c2)cc1. The van der Waals surface area contributed by atoms with Crippen molar-refractivity contribution in [1.82, 2.24) is 0 Å². The second kappa shape index (κ2) is 14.1. The minimum Gasteiger partial charge on any atom is -0.494 e. The number of benzene rings is 5. The van der Waals surface area contributed by atoms with Crippen molar-refractivity contribution >= 4 is 0 Å². The highest BCUT2D eigenvalue weighted by Crippen LogP contribution is 2.39. The average molecular weight is 695 g/mol. The topological polar surface area (TPSA) is 27.7 Å². The minimum atomic E-state index is -5.15. The van der Waals surface area contributed by atoms with Gasteiger partial charge in [-0.15, -0.1) is 13.2 Å². The van der Waals surface area contributed by atoms with Gasteiger partial charge in [0.25, 0.3) is 0 Å². The van der Waals surface area contributed by atoms with Gasteiger partial charge in [-0.2, -0.15) is 8.78 Å².